The molecule has 0 heterocycles. The van der Waals surface area contributed by atoms with Gasteiger partial charge >= 0.3 is 0 Å². The van der Waals surface area contributed by atoms with Gasteiger partial charge in [0.1, 0.15) is 0 Å². The normalized spacial score (nSPS) is 11.4. The number of benzene rings is 3. The van der Waals surface area contributed by atoms with Crippen molar-refractivity contribution in [3.05, 3.63) is 90.0 Å². The van der Waals surface area contributed by atoms with Gasteiger partial charge in [-0.05, 0) is 48.6 Å². The highest BCUT2D eigenvalue weighted by molar-refractivity contribution is 7.86. The molecule has 0 saturated carbocycles. The summed E-state index contributed by atoms with van der Waals surface area (Å²) in [4.78, 5) is 0.204. The molecule has 134 valence electrons. The Kier molecular flexibility index (Phi) is 5.86. The zero-order valence-electron chi connectivity index (χ0n) is 14.8. The van der Waals surface area contributed by atoms with Crippen molar-refractivity contribution < 1.29 is 12.6 Å². The van der Waals surface area contributed by atoms with Gasteiger partial charge in [0.15, 0.2) is 0 Å². The van der Waals surface area contributed by atoms with E-state index in [1.165, 1.54) is 16.7 Å². The lowest BCUT2D eigenvalue weighted by molar-refractivity contribution is 0.312. The summed E-state index contributed by atoms with van der Waals surface area (Å²) in [5.74, 6) is 0. The van der Waals surface area contributed by atoms with E-state index in [1.807, 2.05) is 25.1 Å². The van der Waals surface area contributed by atoms with Crippen molar-refractivity contribution in [1.82, 2.24) is 0 Å². The van der Waals surface area contributed by atoms with Crippen molar-refractivity contribution in [2.24, 2.45) is 0 Å². The molecule has 4 heteroatoms. The number of aryl methyl sites for hydroxylation is 2. The second-order valence-electron chi connectivity index (χ2n) is 6.26. The second kappa shape index (κ2) is 8.30. The lowest BCUT2D eigenvalue weighted by Crippen LogP contribution is -2.08. The summed E-state index contributed by atoms with van der Waals surface area (Å²) in [6, 6.07) is 25.2. The van der Waals surface area contributed by atoms with Crippen LogP contribution in [0.5, 0.6) is 0 Å². The summed E-state index contributed by atoms with van der Waals surface area (Å²) >= 11 is 0. The van der Waals surface area contributed by atoms with Crippen molar-refractivity contribution in [1.29, 1.82) is 0 Å². The summed E-state index contributed by atoms with van der Waals surface area (Å²) in [5.41, 5.74) is 4.54. The summed E-state index contributed by atoms with van der Waals surface area (Å²) in [5, 5.41) is 0. The Hall–Kier alpha value is -2.43. The van der Waals surface area contributed by atoms with Gasteiger partial charge in [-0.15, -0.1) is 0 Å². The Bertz CT molecular complexity index is 929. The van der Waals surface area contributed by atoms with Gasteiger partial charge in [-0.2, -0.15) is 8.42 Å². The molecule has 0 aliphatic heterocycles. The third kappa shape index (κ3) is 4.81. The van der Waals surface area contributed by atoms with Crippen LogP contribution in [0.3, 0.4) is 0 Å². The van der Waals surface area contributed by atoms with Crippen molar-refractivity contribution in [3.8, 4) is 11.1 Å². The molecule has 0 atom stereocenters. The zero-order chi connectivity index (χ0) is 18.4. The highest BCUT2D eigenvalue weighted by atomic mass is 32.2. The molecule has 3 rings (SSSR count). The van der Waals surface area contributed by atoms with Gasteiger partial charge in [0.05, 0.1) is 11.5 Å². The fourth-order valence-corrected chi connectivity index (χ4v) is 3.66. The van der Waals surface area contributed by atoms with Gasteiger partial charge in [0.25, 0.3) is 10.1 Å². The summed E-state index contributed by atoms with van der Waals surface area (Å²) < 4.78 is 29.4. The number of hydrogen-bond donors (Lipinski definition) is 0. The maximum Gasteiger partial charge on any atom is 0.296 e. The summed E-state index contributed by atoms with van der Waals surface area (Å²) in [6.07, 6.45) is 1.42. The van der Waals surface area contributed by atoms with Crippen LogP contribution in [0, 0.1) is 6.92 Å². The molecule has 0 N–H and O–H groups in total. The van der Waals surface area contributed by atoms with E-state index >= 15 is 0 Å². The van der Waals surface area contributed by atoms with Crippen molar-refractivity contribution >= 4 is 10.1 Å². The third-order valence-electron chi connectivity index (χ3n) is 4.22. The Morgan fingerprint density at radius 2 is 1.38 bits per heavy atom. The minimum atomic E-state index is -3.67. The lowest BCUT2D eigenvalue weighted by atomic mass is 10.0. The molecule has 0 aromatic heterocycles. The Morgan fingerprint density at radius 3 is 2.04 bits per heavy atom. The molecule has 0 unspecified atom stereocenters. The third-order valence-corrected chi connectivity index (χ3v) is 5.55. The topological polar surface area (TPSA) is 43.4 Å². The fourth-order valence-electron chi connectivity index (χ4n) is 2.71. The van der Waals surface area contributed by atoms with Gasteiger partial charge < -0.3 is 0 Å². The molecular weight excluding hydrogens is 344 g/mol. The van der Waals surface area contributed by atoms with E-state index in [-0.39, 0.29) is 11.5 Å². The molecule has 0 aliphatic carbocycles. The molecule has 0 amide bonds. The Labute approximate surface area is 155 Å². The number of rotatable bonds is 7. The monoisotopic (exact) mass is 366 g/mol. The first-order chi connectivity index (χ1) is 12.5. The molecule has 0 aliphatic rings. The SMILES string of the molecule is Cc1ccc(S(=O)(=O)OCCCc2ccc(-c3ccccc3)cc2)cc1. The highest BCUT2D eigenvalue weighted by Crippen LogP contribution is 2.20. The van der Waals surface area contributed by atoms with E-state index in [9.17, 15) is 8.42 Å². The first kappa shape index (κ1) is 18.4. The quantitative estimate of drug-likeness (QED) is 0.436. The maximum absolute atomic E-state index is 12.1. The van der Waals surface area contributed by atoms with Crippen molar-refractivity contribution in [2.45, 2.75) is 24.7 Å². The standard InChI is InChI=1S/C22H22O3S/c1-18-9-15-22(16-10-18)26(23,24)25-17-5-6-19-11-13-21(14-12-19)20-7-3-2-4-8-20/h2-4,7-16H,5-6,17H2,1H3. The second-order valence-corrected chi connectivity index (χ2v) is 7.87. The van der Waals surface area contributed by atoms with Gasteiger partial charge in [-0.3, -0.25) is 4.18 Å². The van der Waals surface area contributed by atoms with E-state index in [2.05, 4.69) is 36.4 Å². The molecule has 0 fully saturated rings. The van der Waals surface area contributed by atoms with Crippen LogP contribution in [0.2, 0.25) is 0 Å². The maximum atomic E-state index is 12.1. The molecular formula is C22H22O3S. The lowest BCUT2D eigenvalue weighted by Gasteiger charge is -2.07. The van der Waals surface area contributed by atoms with Crippen LogP contribution in [-0.2, 0) is 20.7 Å². The van der Waals surface area contributed by atoms with Crippen molar-refractivity contribution in [2.75, 3.05) is 6.61 Å². The first-order valence-corrected chi connectivity index (χ1v) is 10.1. The van der Waals surface area contributed by atoms with Crippen LogP contribution in [0.15, 0.2) is 83.8 Å². The van der Waals surface area contributed by atoms with Gasteiger partial charge in [0.2, 0.25) is 0 Å². The highest BCUT2D eigenvalue weighted by Gasteiger charge is 2.14. The average Bonchev–Trinajstić information content (AvgIpc) is 2.67. The van der Waals surface area contributed by atoms with E-state index in [1.54, 1.807) is 24.3 Å². The largest absolute Gasteiger partial charge is 0.296 e. The molecule has 3 aromatic carbocycles. The van der Waals surface area contributed by atoms with Crippen LogP contribution in [0.25, 0.3) is 11.1 Å². The minimum absolute atomic E-state index is 0.177. The molecule has 0 saturated heterocycles. The van der Waals surface area contributed by atoms with Gasteiger partial charge in [0, 0.05) is 0 Å². The number of hydrogen-bond acceptors (Lipinski definition) is 3. The smallest absolute Gasteiger partial charge is 0.266 e. The van der Waals surface area contributed by atoms with E-state index in [4.69, 9.17) is 4.18 Å². The van der Waals surface area contributed by atoms with Crippen molar-refractivity contribution in [3.63, 3.8) is 0 Å². The van der Waals surface area contributed by atoms with E-state index < -0.39 is 10.1 Å². The molecule has 0 radical (unpaired) electrons. The summed E-state index contributed by atoms with van der Waals surface area (Å²) in [6.45, 7) is 2.09. The van der Waals surface area contributed by atoms with E-state index in [0.717, 1.165) is 12.0 Å². The fraction of sp³-hybridized carbons (Fsp3) is 0.182. The molecule has 3 aromatic rings. The zero-order valence-corrected chi connectivity index (χ0v) is 15.6. The average molecular weight is 366 g/mol. The molecule has 3 nitrogen and oxygen atoms in total. The molecule has 26 heavy (non-hydrogen) atoms. The van der Waals surface area contributed by atoms with Gasteiger partial charge in [-0.1, -0.05) is 72.3 Å². The van der Waals surface area contributed by atoms with Crippen LogP contribution in [0.4, 0.5) is 0 Å². The molecule has 0 bridgehead atoms. The molecule has 0 spiro atoms. The van der Waals surface area contributed by atoms with Gasteiger partial charge in [-0.25, -0.2) is 0 Å². The minimum Gasteiger partial charge on any atom is -0.266 e. The summed E-state index contributed by atoms with van der Waals surface area (Å²) in [7, 11) is -3.67. The predicted octanol–water partition coefficient (Wildman–Crippen LogP) is 5.00. The van der Waals surface area contributed by atoms with Crippen LogP contribution < -0.4 is 0 Å². The Balaban J connectivity index is 1.51. The predicted molar refractivity (Wildman–Crippen MR) is 105 cm³/mol. The first-order valence-electron chi connectivity index (χ1n) is 8.65. The van der Waals surface area contributed by atoms with Crippen LogP contribution in [0.1, 0.15) is 17.5 Å². The van der Waals surface area contributed by atoms with E-state index in [0.29, 0.717) is 6.42 Å². The Morgan fingerprint density at radius 1 is 0.769 bits per heavy atom. The van der Waals surface area contributed by atoms with Crippen LogP contribution >= 0.6 is 0 Å². The van der Waals surface area contributed by atoms with Crippen LogP contribution in [-0.4, -0.2) is 15.0 Å².